The van der Waals surface area contributed by atoms with Gasteiger partial charge in [-0.2, -0.15) is 9.57 Å². The topological polar surface area (TPSA) is 98.5 Å². The Morgan fingerprint density at radius 2 is 2.20 bits per heavy atom. The molecule has 1 heterocycles. The molecule has 0 spiro atoms. The summed E-state index contributed by atoms with van der Waals surface area (Å²) in [5.41, 5.74) is -0.00217. The van der Waals surface area contributed by atoms with Gasteiger partial charge in [0.15, 0.2) is 0 Å². The van der Waals surface area contributed by atoms with Crippen LogP contribution >= 0.6 is 0 Å². The molecule has 6 nitrogen and oxygen atoms in total. The zero-order chi connectivity index (χ0) is 14.9. The lowest BCUT2D eigenvalue weighted by atomic mass is 10.2. The van der Waals surface area contributed by atoms with E-state index in [0.717, 1.165) is 16.4 Å². The normalized spacial score (nSPS) is 19.7. The highest BCUT2D eigenvalue weighted by Crippen LogP contribution is 2.28. The van der Waals surface area contributed by atoms with Crippen molar-refractivity contribution in [1.29, 1.82) is 5.26 Å². The van der Waals surface area contributed by atoms with Gasteiger partial charge in [0, 0.05) is 6.54 Å². The van der Waals surface area contributed by atoms with Crippen LogP contribution < -0.4 is 0 Å². The van der Waals surface area contributed by atoms with Crippen molar-refractivity contribution < 1.29 is 22.7 Å². The highest BCUT2D eigenvalue weighted by atomic mass is 32.2. The molecule has 106 valence electrons. The van der Waals surface area contributed by atoms with Crippen LogP contribution in [0.4, 0.5) is 4.39 Å². The number of hydrogen-bond acceptors (Lipinski definition) is 4. The number of carboxylic acid groups (broad SMARTS) is 1. The number of carboxylic acids is 1. The van der Waals surface area contributed by atoms with Crippen LogP contribution in [0.3, 0.4) is 0 Å². The zero-order valence-corrected chi connectivity index (χ0v) is 11.1. The van der Waals surface area contributed by atoms with Gasteiger partial charge in [0.1, 0.15) is 16.8 Å². The Morgan fingerprint density at radius 3 is 2.75 bits per heavy atom. The molecule has 1 unspecified atom stereocenters. The van der Waals surface area contributed by atoms with Crippen molar-refractivity contribution in [3.63, 3.8) is 0 Å². The van der Waals surface area contributed by atoms with E-state index in [1.54, 1.807) is 6.07 Å². The molecule has 0 aliphatic carbocycles. The van der Waals surface area contributed by atoms with Crippen molar-refractivity contribution in [3.8, 4) is 6.07 Å². The summed E-state index contributed by atoms with van der Waals surface area (Å²) < 4.78 is 39.2. The Labute approximate surface area is 115 Å². The Balaban J connectivity index is 2.46. The van der Waals surface area contributed by atoms with E-state index < -0.39 is 32.7 Å². The summed E-state index contributed by atoms with van der Waals surface area (Å²) in [5.74, 6) is -2.31. The third-order valence-corrected chi connectivity index (χ3v) is 5.08. The Hall–Kier alpha value is -1.98. The zero-order valence-electron chi connectivity index (χ0n) is 10.3. The predicted molar refractivity (Wildman–Crippen MR) is 65.7 cm³/mol. The van der Waals surface area contributed by atoms with Gasteiger partial charge in [-0.25, -0.2) is 12.8 Å². The molecule has 1 aliphatic rings. The number of hydrogen-bond donors (Lipinski definition) is 1. The van der Waals surface area contributed by atoms with Crippen LogP contribution in [0.2, 0.25) is 0 Å². The lowest BCUT2D eigenvalue weighted by molar-refractivity contribution is -0.140. The summed E-state index contributed by atoms with van der Waals surface area (Å²) in [4.78, 5) is 10.4. The third kappa shape index (κ3) is 2.37. The Bertz CT molecular complexity index is 696. The van der Waals surface area contributed by atoms with E-state index in [1.165, 1.54) is 6.07 Å². The van der Waals surface area contributed by atoms with Crippen LogP contribution in [0, 0.1) is 17.1 Å². The van der Waals surface area contributed by atoms with E-state index in [2.05, 4.69) is 0 Å². The molecule has 20 heavy (non-hydrogen) atoms. The van der Waals surface area contributed by atoms with Crippen molar-refractivity contribution in [2.24, 2.45) is 0 Å². The molecule has 1 fully saturated rings. The molecule has 1 saturated heterocycles. The lowest BCUT2D eigenvalue weighted by Crippen LogP contribution is -2.40. The van der Waals surface area contributed by atoms with Crippen LogP contribution in [-0.2, 0) is 14.8 Å². The van der Waals surface area contributed by atoms with Crippen molar-refractivity contribution >= 4 is 16.0 Å². The molecule has 0 aromatic heterocycles. The summed E-state index contributed by atoms with van der Waals surface area (Å²) in [7, 11) is -4.22. The minimum atomic E-state index is -4.22. The van der Waals surface area contributed by atoms with Crippen LogP contribution in [0.5, 0.6) is 0 Å². The van der Waals surface area contributed by atoms with Crippen molar-refractivity contribution in [3.05, 3.63) is 29.6 Å². The van der Waals surface area contributed by atoms with Crippen LogP contribution in [0.15, 0.2) is 23.1 Å². The summed E-state index contributed by atoms with van der Waals surface area (Å²) >= 11 is 0. The van der Waals surface area contributed by atoms with Gasteiger partial charge in [-0.3, -0.25) is 4.79 Å². The number of sulfonamides is 1. The molecular weight excluding hydrogens is 287 g/mol. The number of carbonyl (C=O) groups is 1. The summed E-state index contributed by atoms with van der Waals surface area (Å²) in [5, 5.41) is 17.6. The van der Waals surface area contributed by atoms with Gasteiger partial charge in [-0.05, 0) is 31.0 Å². The fourth-order valence-corrected chi connectivity index (χ4v) is 3.88. The average Bonchev–Trinajstić information content (AvgIpc) is 2.88. The molecule has 8 heteroatoms. The van der Waals surface area contributed by atoms with E-state index in [-0.39, 0.29) is 18.5 Å². The molecule has 2 rings (SSSR count). The first-order valence-corrected chi connectivity index (χ1v) is 7.26. The minimum absolute atomic E-state index is 0.00217. The van der Waals surface area contributed by atoms with E-state index in [4.69, 9.17) is 10.4 Å². The SMILES string of the molecule is N#Cc1ccc(S(=O)(=O)N2CCCC2C(=O)O)c(F)c1. The van der Waals surface area contributed by atoms with Crippen molar-refractivity contribution in [2.45, 2.75) is 23.8 Å². The third-order valence-electron chi connectivity index (χ3n) is 3.14. The van der Waals surface area contributed by atoms with Crippen LogP contribution in [0.1, 0.15) is 18.4 Å². The van der Waals surface area contributed by atoms with Gasteiger partial charge in [0.25, 0.3) is 0 Å². The monoisotopic (exact) mass is 298 g/mol. The molecular formula is C12H11FN2O4S. The van der Waals surface area contributed by atoms with E-state index in [9.17, 15) is 17.6 Å². The lowest BCUT2D eigenvalue weighted by Gasteiger charge is -2.21. The van der Waals surface area contributed by atoms with E-state index in [1.807, 2.05) is 0 Å². The second kappa shape index (κ2) is 5.19. The van der Waals surface area contributed by atoms with Crippen LogP contribution in [0.25, 0.3) is 0 Å². The highest BCUT2D eigenvalue weighted by Gasteiger charge is 2.40. The molecule has 0 radical (unpaired) electrons. The van der Waals surface area contributed by atoms with Crippen molar-refractivity contribution in [2.75, 3.05) is 6.54 Å². The van der Waals surface area contributed by atoms with Gasteiger partial charge >= 0.3 is 5.97 Å². The fourth-order valence-electron chi connectivity index (χ4n) is 2.18. The van der Waals surface area contributed by atoms with Gasteiger partial charge in [0.05, 0.1) is 11.6 Å². The predicted octanol–water partition coefficient (Wildman–Crippen LogP) is 0.935. The molecule has 1 atom stereocenters. The number of nitrogens with zero attached hydrogens (tertiary/aromatic N) is 2. The standard InChI is InChI=1S/C12H11FN2O4S/c13-9-6-8(7-14)3-4-11(9)20(18,19)15-5-1-2-10(15)12(16)17/h3-4,6,10H,1-2,5H2,(H,16,17). The van der Waals surface area contributed by atoms with Gasteiger partial charge in [0.2, 0.25) is 10.0 Å². The van der Waals surface area contributed by atoms with Gasteiger partial charge in [-0.15, -0.1) is 0 Å². The Kier molecular flexibility index (Phi) is 3.74. The van der Waals surface area contributed by atoms with Crippen molar-refractivity contribution in [1.82, 2.24) is 4.31 Å². The number of aliphatic carboxylic acids is 1. The maximum atomic E-state index is 13.8. The maximum absolute atomic E-state index is 13.8. The van der Waals surface area contributed by atoms with E-state index in [0.29, 0.717) is 6.42 Å². The Morgan fingerprint density at radius 1 is 1.50 bits per heavy atom. The summed E-state index contributed by atoms with van der Waals surface area (Å²) in [6, 6.07) is 3.52. The van der Waals surface area contributed by atoms with E-state index >= 15 is 0 Å². The molecule has 0 amide bonds. The average molecular weight is 298 g/mol. The van der Waals surface area contributed by atoms with Crippen LogP contribution in [-0.4, -0.2) is 36.4 Å². The maximum Gasteiger partial charge on any atom is 0.322 e. The number of halogens is 1. The summed E-state index contributed by atoms with van der Waals surface area (Å²) in [6.07, 6.45) is 0.612. The first-order chi connectivity index (χ1) is 9.37. The highest BCUT2D eigenvalue weighted by molar-refractivity contribution is 7.89. The largest absolute Gasteiger partial charge is 0.480 e. The quantitative estimate of drug-likeness (QED) is 0.895. The fraction of sp³-hybridized carbons (Fsp3) is 0.333. The number of rotatable bonds is 3. The minimum Gasteiger partial charge on any atom is -0.480 e. The second-order valence-corrected chi connectivity index (χ2v) is 6.23. The molecule has 1 N–H and O–H groups in total. The van der Waals surface area contributed by atoms with Gasteiger partial charge in [-0.1, -0.05) is 0 Å². The van der Waals surface area contributed by atoms with Gasteiger partial charge < -0.3 is 5.11 Å². The molecule has 1 aromatic rings. The summed E-state index contributed by atoms with van der Waals surface area (Å²) in [6.45, 7) is 0.0404. The molecule has 1 aromatic carbocycles. The number of nitriles is 1. The first-order valence-electron chi connectivity index (χ1n) is 5.82. The molecule has 1 aliphatic heterocycles. The second-order valence-electron chi connectivity index (χ2n) is 4.37. The number of benzene rings is 1. The molecule has 0 bridgehead atoms. The smallest absolute Gasteiger partial charge is 0.322 e. The first kappa shape index (κ1) is 14.4. The molecule has 0 saturated carbocycles.